The summed E-state index contributed by atoms with van der Waals surface area (Å²) in [5.41, 5.74) is 2.69. The number of ketones is 1. The van der Waals surface area contributed by atoms with Crippen molar-refractivity contribution >= 4 is 27.7 Å². The molecule has 1 aromatic heterocycles. The number of carbonyl (C=O) groups excluding carboxylic acids is 1. The fourth-order valence-electron chi connectivity index (χ4n) is 2.71. The third-order valence-corrected chi connectivity index (χ3v) is 4.49. The second-order valence-electron chi connectivity index (χ2n) is 5.81. The first-order chi connectivity index (χ1) is 13.0. The van der Waals surface area contributed by atoms with Gasteiger partial charge in [-0.1, -0.05) is 41.1 Å². The van der Waals surface area contributed by atoms with Gasteiger partial charge in [0, 0.05) is 10.7 Å². The molecule has 0 saturated heterocycles. The summed E-state index contributed by atoms with van der Waals surface area (Å²) in [6.45, 7) is 1.53. The third-order valence-electron chi connectivity index (χ3n) is 4.00. The minimum Gasteiger partial charge on any atom is -0.481 e. The first kappa shape index (κ1) is 18.8. The van der Waals surface area contributed by atoms with E-state index in [1.165, 1.54) is 6.20 Å². The molecule has 0 radical (unpaired) electrons. The lowest BCUT2D eigenvalue weighted by Crippen LogP contribution is -2.12. The maximum atomic E-state index is 13.0. The normalized spacial score (nSPS) is 10.6. The Morgan fingerprint density at radius 3 is 2.74 bits per heavy atom. The van der Waals surface area contributed by atoms with Crippen molar-refractivity contribution in [1.29, 1.82) is 0 Å². The van der Waals surface area contributed by atoms with E-state index in [2.05, 4.69) is 28.0 Å². The van der Waals surface area contributed by atoms with Crippen LogP contribution in [0.5, 0.6) is 5.75 Å². The lowest BCUT2D eigenvalue weighted by atomic mass is 10.1. The van der Waals surface area contributed by atoms with E-state index in [1.807, 2.05) is 24.3 Å². The van der Waals surface area contributed by atoms with Crippen LogP contribution in [-0.4, -0.2) is 33.2 Å². The number of carboxylic acids is 1. The van der Waals surface area contributed by atoms with Gasteiger partial charge in [0.1, 0.15) is 5.75 Å². The fraction of sp³-hybridized carbons (Fsp3) is 0.150. The Morgan fingerprint density at radius 1 is 1.22 bits per heavy atom. The largest absolute Gasteiger partial charge is 0.481 e. The van der Waals surface area contributed by atoms with Crippen molar-refractivity contribution in [1.82, 2.24) is 9.78 Å². The highest BCUT2D eigenvalue weighted by molar-refractivity contribution is 9.10. The number of hydrogen-bond donors (Lipinski definition) is 1. The van der Waals surface area contributed by atoms with Crippen molar-refractivity contribution in [2.24, 2.45) is 0 Å². The number of rotatable bonds is 7. The van der Waals surface area contributed by atoms with Gasteiger partial charge in [-0.05, 0) is 36.2 Å². The molecule has 0 bridgehead atoms. The second kappa shape index (κ2) is 8.18. The number of aryl methyl sites for hydroxylation is 1. The summed E-state index contributed by atoms with van der Waals surface area (Å²) in [6, 6.07) is 12.7. The van der Waals surface area contributed by atoms with Gasteiger partial charge in [0.2, 0.25) is 0 Å². The quantitative estimate of drug-likeness (QED) is 0.577. The van der Waals surface area contributed by atoms with Gasteiger partial charge in [0.25, 0.3) is 0 Å². The van der Waals surface area contributed by atoms with Crippen LogP contribution in [0.1, 0.15) is 28.4 Å². The standard InChI is InChI=1S/C20H17BrN2O4/c1-2-13-5-3-4-6-17(13)23-11-14(10-22-23)20(26)16-9-15(21)7-8-18(16)27-12-19(24)25/h3-11H,2,12H2,1H3,(H,24,25). The van der Waals surface area contributed by atoms with Crippen LogP contribution < -0.4 is 4.74 Å². The number of ether oxygens (including phenoxy) is 1. The fourth-order valence-corrected chi connectivity index (χ4v) is 3.07. The van der Waals surface area contributed by atoms with Crippen molar-refractivity contribution in [3.63, 3.8) is 0 Å². The van der Waals surface area contributed by atoms with Crippen LogP contribution in [0.3, 0.4) is 0 Å². The number of carbonyl (C=O) groups is 2. The van der Waals surface area contributed by atoms with Crippen LogP contribution in [-0.2, 0) is 11.2 Å². The van der Waals surface area contributed by atoms with Crippen LogP contribution >= 0.6 is 15.9 Å². The van der Waals surface area contributed by atoms with Crippen LogP contribution in [0, 0.1) is 0 Å². The average molecular weight is 429 g/mol. The van der Waals surface area contributed by atoms with E-state index in [0.717, 1.165) is 17.7 Å². The van der Waals surface area contributed by atoms with Gasteiger partial charge in [0.15, 0.2) is 12.4 Å². The average Bonchev–Trinajstić information content (AvgIpc) is 3.16. The van der Waals surface area contributed by atoms with Crippen molar-refractivity contribution in [2.75, 3.05) is 6.61 Å². The molecule has 2 aromatic carbocycles. The van der Waals surface area contributed by atoms with E-state index >= 15 is 0 Å². The molecule has 138 valence electrons. The zero-order valence-corrected chi connectivity index (χ0v) is 16.1. The van der Waals surface area contributed by atoms with E-state index in [4.69, 9.17) is 9.84 Å². The minimum atomic E-state index is -1.11. The van der Waals surface area contributed by atoms with Gasteiger partial charge in [-0.3, -0.25) is 4.79 Å². The summed E-state index contributed by atoms with van der Waals surface area (Å²) in [5.74, 6) is -1.19. The lowest BCUT2D eigenvalue weighted by molar-refractivity contribution is -0.139. The second-order valence-corrected chi connectivity index (χ2v) is 6.72. The predicted octanol–water partition coefficient (Wildman–Crippen LogP) is 3.89. The third kappa shape index (κ3) is 4.25. The summed E-state index contributed by atoms with van der Waals surface area (Å²) in [5, 5.41) is 13.1. The minimum absolute atomic E-state index is 0.215. The molecular formula is C20H17BrN2O4. The van der Waals surface area contributed by atoms with E-state index < -0.39 is 12.6 Å². The number of carboxylic acid groups (broad SMARTS) is 1. The number of hydrogen-bond acceptors (Lipinski definition) is 4. The molecule has 27 heavy (non-hydrogen) atoms. The summed E-state index contributed by atoms with van der Waals surface area (Å²) >= 11 is 3.33. The van der Waals surface area contributed by atoms with E-state index in [9.17, 15) is 9.59 Å². The van der Waals surface area contributed by atoms with Gasteiger partial charge in [-0.2, -0.15) is 5.10 Å². The van der Waals surface area contributed by atoms with Gasteiger partial charge < -0.3 is 9.84 Å². The monoisotopic (exact) mass is 428 g/mol. The van der Waals surface area contributed by atoms with E-state index in [1.54, 1.807) is 29.1 Å². The van der Waals surface area contributed by atoms with E-state index in [-0.39, 0.29) is 17.1 Å². The first-order valence-corrected chi connectivity index (χ1v) is 9.10. The topological polar surface area (TPSA) is 81.4 Å². The van der Waals surface area contributed by atoms with Gasteiger partial charge in [0.05, 0.1) is 23.0 Å². The van der Waals surface area contributed by atoms with Crippen LogP contribution in [0.15, 0.2) is 59.3 Å². The summed E-state index contributed by atoms with van der Waals surface area (Å²) < 4.78 is 7.62. The Labute approximate surface area is 164 Å². The molecule has 3 rings (SSSR count). The molecule has 3 aromatic rings. The Kier molecular flexibility index (Phi) is 5.71. The number of nitrogens with zero attached hydrogens (tertiary/aromatic N) is 2. The van der Waals surface area contributed by atoms with Crippen molar-refractivity contribution < 1.29 is 19.4 Å². The maximum absolute atomic E-state index is 13.0. The number of aromatic nitrogens is 2. The maximum Gasteiger partial charge on any atom is 0.341 e. The molecule has 1 heterocycles. The smallest absolute Gasteiger partial charge is 0.341 e. The molecule has 1 N–H and O–H groups in total. The molecule has 0 spiro atoms. The zero-order chi connectivity index (χ0) is 19.4. The van der Waals surface area contributed by atoms with Gasteiger partial charge >= 0.3 is 5.97 Å². The van der Waals surface area contributed by atoms with Gasteiger partial charge in [-0.25, -0.2) is 9.48 Å². The highest BCUT2D eigenvalue weighted by atomic mass is 79.9. The number of aliphatic carboxylic acids is 1. The molecule has 7 heteroatoms. The molecule has 0 amide bonds. The summed E-state index contributed by atoms with van der Waals surface area (Å²) in [7, 11) is 0. The summed E-state index contributed by atoms with van der Waals surface area (Å²) in [4.78, 5) is 23.7. The number of halogens is 1. The lowest BCUT2D eigenvalue weighted by Gasteiger charge is -2.09. The van der Waals surface area contributed by atoms with E-state index in [0.29, 0.717) is 10.0 Å². The molecule has 0 saturated carbocycles. The molecule has 0 aliphatic rings. The predicted molar refractivity (Wildman–Crippen MR) is 104 cm³/mol. The highest BCUT2D eigenvalue weighted by Crippen LogP contribution is 2.26. The van der Waals surface area contributed by atoms with Gasteiger partial charge in [-0.15, -0.1) is 0 Å². The molecule has 0 aliphatic heterocycles. The molecule has 0 fully saturated rings. The summed E-state index contributed by atoms with van der Waals surface area (Å²) in [6.07, 6.45) is 4.01. The van der Waals surface area contributed by atoms with Crippen molar-refractivity contribution in [3.8, 4) is 11.4 Å². The zero-order valence-electron chi connectivity index (χ0n) is 14.6. The van der Waals surface area contributed by atoms with Crippen LogP contribution in [0.4, 0.5) is 0 Å². The molecule has 0 unspecified atom stereocenters. The number of benzene rings is 2. The van der Waals surface area contributed by atoms with Crippen LogP contribution in [0.2, 0.25) is 0 Å². The Balaban J connectivity index is 1.94. The molecule has 6 nitrogen and oxygen atoms in total. The molecular weight excluding hydrogens is 412 g/mol. The SMILES string of the molecule is CCc1ccccc1-n1cc(C(=O)c2cc(Br)ccc2OCC(=O)O)cn1. The Hall–Kier alpha value is -2.93. The first-order valence-electron chi connectivity index (χ1n) is 8.31. The van der Waals surface area contributed by atoms with Crippen molar-refractivity contribution in [3.05, 3.63) is 76.0 Å². The molecule has 0 atom stereocenters. The van der Waals surface area contributed by atoms with Crippen molar-refractivity contribution in [2.45, 2.75) is 13.3 Å². The number of para-hydroxylation sites is 1. The van der Waals surface area contributed by atoms with Crippen LogP contribution in [0.25, 0.3) is 5.69 Å². The Morgan fingerprint density at radius 2 is 2.00 bits per heavy atom. The Bertz CT molecular complexity index is 997. The highest BCUT2D eigenvalue weighted by Gasteiger charge is 2.18. The molecule has 0 aliphatic carbocycles.